The van der Waals surface area contributed by atoms with Crippen LogP contribution in [0.25, 0.3) is 16.9 Å². The quantitative estimate of drug-likeness (QED) is 0.275. The third-order valence-electron chi connectivity index (χ3n) is 4.67. The molecule has 0 radical (unpaired) electrons. The van der Waals surface area contributed by atoms with Crippen molar-refractivity contribution in [3.05, 3.63) is 54.6 Å². The van der Waals surface area contributed by atoms with E-state index in [2.05, 4.69) is 25.2 Å². The number of ether oxygens (including phenoxy) is 1. The minimum atomic E-state index is -3.12. The van der Waals surface area contributed by atoms with E-state index in [-0.39, 0.29) is 28.3 Å². The number of fused-ring (bicyclic) bond motifs is 1. The van der Waals surface area contributed by atoms with Gasteiger partial charge in [-0.05, 0) is 24.3 Å². The monoisotopic (exact) mass is 494 g/mol. The number of benzene rings is 1. The van der Waals surface area contributed by atoms with Gasteiger partial charge >= 0.3 is 6.61 Å². The van der Waals surface area contributed by atoms with E-state index in [0.29, 0.717) is 10.5 Å². The zero-order chi connectivity index (χ0) is 24.2. The molecular formula is C21H18F4N6O2S. The maximum Gasteiger partial charge on any atom is 0.387 e. The molecule has 0 aliphatic rings. The molecule has 0 aliphatic heterocycles. The molecule has 0 aliphatic carbocycles. The highest BCUT2D eigenvalue weighted by molar-refractivity contribution is 8.00. The van der Waals surface area contributed by atoms with E-state index in [1.54, 1.807) is 19.3 Å². The summed E-state index contributed by atoms with van der Waals surface area (Å²) >= 11 is 0.917. The van der Waals surface area contributed by atoms with E-state index in [9.17, 15) is 22.4 Å². The second-order valence-electron chi connectivity index (χ2n) is 7.05. The van der Waals surface area contributed by atoms with E-state index in [1.165, 1.54) is 46.0 Å². The second-order valence-corrected chi connectivity index (χ2v) is 8.42. The highest BCUT2D eigenvalue weighted by atomic mass is 32.2. The van der Waals surface area contributed by atoms with Crippen molar-refractivity contribution in [2.45, 2.75) is 16.8 Å². The third-order valence-corrected chi connectivity index (χ3v) is 5.78. The number of aromatic nitrogens is 5. The van der Waals surface area contributed by atoms with Gasteiger partial charge in [0.1, 0.15) is 30.4 Å². The standard InChI is InChI=1S/C21H18F4N6O2S/c1-30-11-16(28-20(32)15-10-27-31-6-2-5-26-19(15)31)18(29-30)14-7-12(34-13(8-22)9-23)3-4-17(14)33-21(24)25/h2-7,10-11,13,21H,8-9H2,1H3,(H,28,32). The number of amides is 1. The molecule has 0 unspecified atom stereocenters. The number of rotatable bonds is 9. The summed E-state index contributed by atoms with van der Waals surface area (Å²) in [5, 5.41) is 10.1. The zero-order valence-corrected chi connectivity index (χ0v) is 18.5. The first-order valence-electron chi connectivity index (χ1n) is 9.90. The van der Waals surface area contributed by atoms with Crippen LogP contribution in [0.1, 0.15) is 10.4 Å². The van der Waals surface area contributed by atoms with Gasteiger partial charge in [0.15, 0.2) is 5.65 Å². The molecule has 34 heavy (non-hydrogen) atoms. The summed E-state index contributed by atoms with van der Waals surface area (Å²) in [5.41, 5.74) is 0.981. The van der Waals surface area contributed by atoms with Gasteiger partial charge in [-0.3, -0.25) is 9.48 Å². The Kier molecular flexibility index (Phi) is 7.01. The number of nitrogens with one attached hydrogen (secondary N) is 1. The minimum absolute atomic E-state index is 0.121. The van der Waals surface area contributed by atoms with Gasteiger partial charge in [0.25, 0.3) is 5.91 Å². The summed E-state index contributed by atoms with van der Waals surface area (Å²) in [7, 11) is 1.59. The summed E-state index contributed by atoms with van der Waals surface area (Å²) < 4.78 is 59.6. The van der Waals surface area contributed by atoms with E-state index in [0.717, 1.165) is 11.8 Å². The Morgan fingerprint density at radius 3 is 2.79 bits per heavy atom. The molecule has 3 aromatic heterocycles. The molecule has 1 N–H and O–H groups in total. The van der Waals surface area contributed by atoms with Crippen LogP contribution < -0.4 is 10.1 Å². The van der Waals surface area contributed by atoms with Gasteiger partial charge in [0.2, 0.25) is 0 Å². The topological polar surface area (TPSA) is 86.3 Å². The average Bonchev–Trinajstić information content (AvgIpc) is 3.41. The molecule has 1 amide bonds. The van der Waals surface area contributed by atoms with Crippen LogP contribution in [0.3, 0.4) is 0 Å². The van der Waals surface area contributed by atoms with Crippen molar-refractivity contribution in [1.29, 1.82) is 0 Å². The fourth-order valence-electron chi connectivity index (χ4n) is 3.22. The molecule has 0 atom stereocenters. The number of hydrogen-bond acceptors (Lipinski definition) is 6. The Balaban J connectivity index is 1.72. The molecule has 0 spiro atoms. The molecule has 8 nitrogen and oxygen atoms in total. The van der Waals surface area contributed by atoms with Gasteiger partial charge < -0.3 is 10.1 Å². The smallest absolute Gasteiger partial charge is 0.387 e. The number of anilines is 1. The molecule has 0 fully saturated rings. The fraction of sp³-hybridized carbons (Fsp3) is 0.238. The lowest BCUT2D eigenvalue weighted by atomic mass is 10.1. The second kappa shape index (κ2) is 10.1. The van der Waals surface area contributed by atoms with Crippen LogP contribution in [0.5, 0.6) is 5.75 Å². The van der Waals surface area contributed by atoms with Gasteiger partial charge in [-0.25, -0.2) is 18.3 Å². The van der Waals surface area contributed by atoms with Crippen LogP contribution in [-0.4, -0.2) is 55.5 Å². The maximum absolute atomic E-state index is 13.0. The first-order chi connectivity index (χ1) is 16.4. The van der Waals surface area contributed by atoms with Crippen LogP contribution >= 0.6 is 11.8 Å². The van der Waals surface area contributed by atoms with Crippen LogP contribution in [0.4, 0.5) is 23.2 Å². The maximum atomic E-state index is 13.0. The number of thioether (sulfide) groups is 1. The summed E-state index contributed by atoms with van der Waals surface area (Å²) in [4.78, 5) is 17.5. The van der Waals surface area contributed by atoms with Crippen LogP contribution in [0.15, 0.2) is 53.9 Å². The number of aryl methyl sites for hydroxylation is 1. The zero-order valence-electron chi connectivity index (χ0n) is 17.7. The van der Waals surface area contributed by atoms with Crippen molar-refractivity contribution in [3.8, 4) is 17.0 Å². The van der Waals surface area contributed by atoms with Gasteiger partial charge in [-0.15, -0.1) is 11.8 Å². The predicted molar refractivity (Wildman–Crippen MR) is 118 cm³/mol. The molecule has 13 heteroatoms. The summed E-state index contributed by atoms with van der Waals surface area (Å²) in [6.07, 6.45) is 5.99. The first-order valence-corrected chi connectivity index (χ1v) is 10.8. The molecule has 4 aromatic rings. The van der Waals surface area contributed by atoms with E-state index >= 15 is 0 Å². The number of hydrogen-bond donors (Lipinski definition) is 1. The Morgan fingerprint density at radius 2 is 2.06 bits per heavy atom. The van der Waals surface area contributed by atoms with Crippen molar-refractivity contribution < 1.29 is 27.1 Å². The van der Waals surface area contributed by atoms with Crippen molar-refractivity contribution >= 4 is 29.0 Å². The lowest BCUT2D eigenvalue weighted by Gasteiger charge is -2.14. The molecule has 3 heterocycles. The van der Waals surface area contributed by atoms with Crippen LogP contribution in [0.2, 0.25) is 0 Å². The first kappa shape index (κ1) is 23.5. The normalized spacial score (nSPS) is 11.5. The molecule has 4 rings (SSSR count). The van der Waals surface area contributed by atoms with E-state index in [4.69, 9.17) is 0 Å². The SMILES string of the molecule is Cn1cc(NC(=O)c2cnn3cccnc23)c(-c2cc(SC(CF)CF)ccc2OC(F)F)n1. The number of nitrogens with zero attached hydrogens (tertiary/aromatic N) is 5. The summed E-state index contributed by atoms with van der Waals surface area (Å²) in [5.74, 6) is -0.747. The van der Waals surface area contributed by atoms with Crippen molar-refractivity contribution in [2.24, 2.45) is 7.05 Å². The van der Waals surface area contributed by atoms with Gasteiger partial charge in [0.05, 0.1) is 17.1 Å². The largest absolute Gasteiger partial charge is 0.434 e. The molecule has 1 aromatic carbocycles. The van der Waals surface area contributed by atoms with Crippen molar-refractivity contribution in [2.75, 3.05) is 18.7 Å². The summed E-state index contributed by atoms with van der Waals surface area (Å²) in [6, 6.07) is 5.80. The molecule has 0 saturated carbocycles. The van der Waals surface area contributed by atoms with Gasteiger partial charge in [-0.1, -0.05) is 0 Å². The predicted octanol–water partition coefficient (Wildman–Crippen LogP) is 4.38. The minimum Gasteiger partial charge on any atom is -0.434 e. The number of carbonyl (C=O) groups is 1. The molecule has 0 bridgehead atoms. The Bertz CT molecular complexity index is 1310. The van der Waals surface area contributed by atoms with Crippen LogP contribution in [-0.2, 0) is 7.05 Å². The van der Waals surface area contributed by atoms with Gasteiger partial charge in [0, 0.05) is 36.1 Å². The average molecular weight is 494 g/mol. The lowest BCUT2D eigenvalue weighted by molar-refractivity contribution is -0.0494. The Labute approximate surface area is 194 Å². The Hall–Kier alpha value is -3.61. The lowest BCUT2D eigenvalue weighted by Crippen LogP contribution is -2.12. The Morgan fingerprint density at radius 1 is 1.26 bits per heavy atom. The highest BCUT2D eigenvalue weighted by Crippen LogP contribution is 2.39. The van der Waals surface area contributed by atoms with E-state index in [1.807, 2.05) is 0 Å². The van der Waals surface area contributed by atoms with E-state index < -0.39 is 31.1 Å². The van der Waals surface area contributed by atoms with Crippen molar-refractivity contribution in [3.63, 3.8) is 0 Å². The number of carbonyl (C=O) groups excluding carboxylic acids is 1. The number of halogens is 4. The van der Waals surface area contributed by atoms with Crippen LogP contribution in [0, 0.1) is 0 Å². The molecule has 178 valence electrons. The molecular weight excluding hydrogens is 476 g/mol. The molecule has 0 saturated heterocycles. The van der Waals surface area contributed by atoms with Crippen molar-refractivity contribution in [1.82, 2.24) is 24.4 Å². The fourth-order valence-corrected chi connectivity index (χ4v) is 4.06. The number of alkyl halides is 4. The highest BCUT2D eigenvalue weighted by Gasteiger charge is 2.22. The third kappa shape index (κ3) is 4.98. The van der Waals surface area contributed by atoms with Gasteiger partial charge in [-0.2, -0.15) is 19.0 Å². The summed E-state index contributed by atoms with van der Waals surface area (Å²) in [6.45, 7) is -4.91.